The maximum Gasteiger partial charge on any atom is 0.242 e. The Bertz CT molecular complexity index is 601. The molecule has 0 aliphatic carbocycles. The van der Waals surface area contributed by atoms with Gasteiger partial charge in [-0.05, 0) is 29.7 Å². The van der Waals surface area contributed by atoms with Gasteiger partial charge in [-0.3, -0.25) is 4.79 Å². The summed E-state index contributed by atoms with van der Waals surface area (Å²) in [6.07, 6.45) is 0. The first-order valence-electron chi connectivity index (χ1n) is 6.55. The van der Waals surface area contributed by atoms with E-state index in [1.807, 2.05) is 20.8 Å². The molecule has 1 aromatic rings. The maximum atomic E-state index is 12.0. The second-order valence-corrected chi connectivity index (χ2v) is 8.30. The van der Waals surface area contributed by atoms with E-state index in [1.54, 1.807) is 12.1 Å². The van der Waals surface area contributed by atoms with E-state index in [0.717, 1.165) is 4.31 Å². The highest BCUT2D eigenvalue weighted by molar-refractivity contribution is 7.89. The fourth-order valence-corrected chi connectivity index (χ4v) is 2.44. The van der Waals surface area contributed by atoms with Gasteiger partial charge in [0.05, 0.1) is 10.9 Å². The Balaban J connectivity index is 2.88. The standard InChI is InChI=1S/C14H23N3O3S/c1-14(2,3)12(15)13(18)16-10-6-8-11(9-7-10)21(19,20)17(4)5/h6-9,12H,15H2,1-5H3,(H,16,18). The monoisotopic (exact) mass is 313 g/mol. The molecular formula is C14H23N3O3S. The number of benzene rings is 1. The van der Waals surface area contributed by atoms with Crippen LogP contribution in [0.3, 0.4) is 0 Å². The zero-order valence-electron chi connectivity index (χ0n) is 13.0. The van der Waals surface area contributed by atoms with E-state index < -0.39 is 16.1 Å². The molecule has 1 aromatic carbocycles. The van der Waals surface area contributed by atoms with Gasteiger partial charge in [0.15, 0.2) is 0 Å². The highest BCUT2D eigenvalue weighted by Gasteiger charge is 2.27. The zero-order chi connectivity index (χ0) is 16.4. The van der Waals surface area contributed by atoms with E-state index >= 15 is 0 Å². The summed E-state index contributed by atoms with van der Waals surface area (Å²) in [5.41, 5.74) is 6.03. The molecule has 6 nitrogen and oxygen atoms in total. The highest BCUT2D eigenvalue weighted by atomic mass is 32.2. The number of amides is 1. The van der Waals surface area contributed by atoms with E-state index in [2.05, 4.69) is 5.32 Å². The molecule has 0 bridgehead atoms. The average molecular weight is 313 g/mol. The van der Waals surface area contributed by atoms with Crippen LogP contribution >= 0.6 is 0 Å². The summed E-state index contributed by atoms with van der Waals surface area (Å²) in [5.74, 6) is -0.300. The molecule has 7 heteroatoms. The minimum absolute atomic E-state index is 0.172. The summed E-state index contributed by atoms with van der Waals surface area (Å²) >= 11 is 0. The summed E-state index contributed by atoms with van der Waals surface area (Å²) in [4.78, 5) is 12.2. The van der Waals surface area contributed by atoms with Crippen LogP contribution in [0, 0.1) is 5.41 Å². The zero-order valence-corrected chi connectivity index (χ0v) is 13.9. The molecular weight excluding hydrogens is 290 g/mol. The molecule has 1 atom stereocenters. The fourth-order valence-electron chi connectivity index (χ4n) is 1.53. The van der Waals surface area contributed by atoms with Gasteiger partial charge in [0, 0.05) is 19.8 Å². The van der Waals surface area contributed by atoms with Gasteiger partial charge in [0.2, 0.25) is 15.9 Å². The van der Waals surface area contributed by atoms with Crippen molar-refractivity contribution in [2.45, 2.75) is 31.7 Å². The van der Waals surface area contributed by atoms with Crippen LogP contribution in [0.1, 0.15) is 20.8 Å². The lowest BCUT2D eigenvalue weighted by Crippen LogP contribution is -2.45. The number of sulfonamides is 1. The van der Waals surface area contributed by atoms with Crippen LogP contribution in [0.15, 0.2) is 29.2 Å². The second-order valence-electron chi connectivity index (χ2n) is 6.14. The lowest BCUT2D eigenvalue weighted by Gasteiger charge is -2.25. The third-order valence-corrected chi connectivity index (χ3v) is 4.95. The third-order valence-electron chi connectivity index (χ3n) is 3.12. The Labute approximate surface area is 126 Å². The van der Waals surface area contributed by atoms with Crippen molar-refractivity contribution in [2.24, 2.45) is 11.1 Å². The Hall–Kier alpha value is -1.44. The van der Waals surface area contributed by atoms with Gasteiger partial charge in [-0.25, -0.2) is 12.7 Å². The quantitative estimate of drug-likeness (QED) is 0.875. The number of carbonyl (C=O) groups excluding carboxylic acids is 1. The van der Waals surface area contributed by atoms with Crippen molar-refractivity contribution in [3.05, 3.63) is 24.3 Å². The van der Waals surface area contributed by atoms with Crippen molar-refractivity contribution >= 4 is 21.6 Å². The minimum Gasteiger partial charge on any atom is -0.325 e. The molecule has 0 spiro atoms. The van der Waals surface area contributed by atoms with Crippen LogP contribution < -0.4 is 11.1 Å². The number of nitrogens with two attached hydrogens (primary N) is 1. The van der Waals surface area contributed by atoms with Crippen LogP contribution in [-0.4, -0.2) is 38.8 Å². The van der Waals surface area contributed by atoms with Crippen molar-refractivity contribution < 1.29 is 13.2 Å². The molecule has 0 aliphatic heterocycles. The number of nitrogens with one attached hydrogen (secondary N) is 1. The van der Waals surface area contributed by atoms with Gasteiger partial charge in [0.1, 0.15) is 0 Å². The molecule has 0 fully saturated rings. The molecule has 0 heterocycles. The van der Waals surface area contributed by atoms with E-state index in [0.29, 0.717) is 5.69 Å². The lowest BCUT2D eigenvalue weighted by molar-refractivity contribution is -0.119. The molecule has 0 aliphatic rings. The molecule has 0 aromatic heterocycles. The van der Waals surface area contributed by atoms with Gasteiger partial charge in [-0.1, -0.05) is 20.8 Å². The van der Waals surface area contributed by atoms with Crippen LogP contribution in [0.4, 0.5) is 5.69 Å². The first-order chi connectivity index (χ1) is 9.46. The molecule has 1 unspecified atom stereocenters. The van der Waals surface area contributed by atoms with Crippen molar-refractivity contribution in [3.63, 3.8) is 0 Å². The van der Waals surface area contributed by atoms with E-state index in [-0.39, 0.29) is 16.2 Å². The summed E-state index contributed by atoms with van der Waals surface area (Å²) in [7, 11) is -0.534. The van der Waals surface area contributed by atoms with Crippen LogP contribution in [0.2, 0.25) is 0 Å². The summed E-state index contributed by atoms with van der Waals surface area (Å²) < 4.78 is 25.0. The predicted molar refractivity (Wildman–Crippen MR) is 83.4 cm³/mol. The van der Waals surface area contributed by atoms with E-state index in [4.69, 9.17) is 5.73 Å². The highest BCUT2D eigenvalue weighted by Crippen LogP contribution is 2.20. The molecule has 0 radical (unpaired) electrons. The van der Waals surface area contributed by atoms with E-state index in [9.17, 15) is 13.2 Å². The Morgan fingerprint density at radius 1 is 1.19 bits per heavy atom. The molecule has 0 saturated carbocycles. The molecule has 21 heavy (non-hydrogen) atoms. The maximum absolute atomic E-state index is 12.0. The molecule has 118 valence electrons. The Kier molecular flexibility index (Phi) is 5.14. The number of anilines is 1. The fraction of sp³-hybridized carbons (Fsp3) is 0.500. The topological polar surface area (TPSA) is 92.5 Å². The normalized spacial score (nSPS) is 14.0. The summed E-state index contributed by atoms with van der Waals surface area (Å²) in [6.45, 7) is 5.64. The number of nitrogens with zero attached hydrogens (tertiary/aromatic N) is 1. The van der Waals surface area contributed by atoms with Crippen molar-refractivity contribution in [3.8, 4) is 0 Å². The number of hydrogen-bond acceptors (Lipinski definition) is 4. The van der Waals surface area contributed by atoms with Gasteiger partial charge in [-0.15, -0.1) is 0 Å². The SMILES string of the molecule is CN(C)S(=O)(=O)c1ccc(NC(=O)C(N)C(C)(C)C)cc1. The minimum atomic E-state index is -3.47. The average Bonchev–Trinajstić information content (AvgIpc) is 2.37. The lowest BCUT2D eigenvalue weighted by atomic mass is 9.87. The molecule has 1 rings (SSSR count). The first-order valence-corrected chi connectivity index (χ1v) is 7.99. The number of hydrogen-bond donors (Lipinski definition) is 2. The summed E-state index contributed by atoms with van der Waals surface area (Å²) in [6, 6.07) is 5.34. The Morgan fingerprint density at radius 3 is 2.05 bits per heavy atom. The van der Waals surface area contributed by atoms with Gasteiger partial charge < -0.3 is 11.1 Å². The number of carbonyl (C=O) groups is 1. The van der Waals surface area contributed by atoms with Gasteiger partial charge >= 0.3 is 0 Å². The van der Waals surface area contributed by atoms with Crippen LogP contribution in [0.25, 0.3) is 0 Å². The third kappa shape index (κ3) is 4.26. The molecule has 0 saturated heterocycles. The summed E-state index contributed by atoms with van der Waals surface area (Å²) in [5, 5.41) is 2.68. The van der Waals surface area contributed by atoms with Gasteiger partial charge in [-0.2, -0.15) is 0 Å². The van der Waals surface area contributed by atoms with Crippen molar-refractivity contribution in [1.29, 1.82) is 0 Å². The number of rotatable bonds is 4. The molecule has 1 amide bonds. The predicted octanol–water partition coefficient (Wildman–Crippen LogP) is 1.25. The van der Waals surface area contributed by atoms with Crippen LogP contribution in [-0.2, 0) is 14.8 Å². The Morgan fingerprint density at radius 2 is 1.67 bits per heavy atom. The largest absolute Gasteiger partial charge is 0.325 e. The van der Waals surface area contributed by atoms with E-state index in [1.165, 1.54) is 26.2 Å². The second kappa shape index (κ2) is 6.13. The van der Waals surface area contributed by atoms with Gasteiger partial charge in [0.25, 0.3) is 0 Å². The first kappa shape index (κ1) is 17.6. The van der Waals surface area contributed by atoms with Crippen molar-refractivity contribution in [1.82, 2.24) is 4.31 Å². The van der Waals surface area contributed by atoms with Crippen LogP contribution in [0.5, 0.6) is 0 Å². The smallest absolute Gasteiger partial charge is 0.242 e. The van der Waals surface area contributed by atoms with Crippen molar-refractivity contribution in [2.75, 3.05) is 19.4 Å². The molecule has 3 N–H and O–H groups in total.